The van der Waals surface area contributed by atoms with Crippen molar-refractivity contribution in [2.24, 2.45) is 11.3 Å². The number of hydrogen-bond acceptors (Lipinski definition) is 5. The van der Waals surface area contributed by atoms with Gasteiger partial charge in [0.2, 0.25) is 5.91 Å². The summed E-state index contributed by atoms with van der Waals surface area (Å²) in [5.41, 5.74) is -0.880. The van der Waals surface area contributed by atoms with Crippen LogP contribution in [0.15, 0.2) is 0 Å². The number of ether oxygens (including phenoxy) is 2. The van der Waals surface area contributed by atoms with Crippen molar-refractivity contribution in [3.63, 3.8) is 0 Å². The molecule has 0 aliphatic rings. The molecule has 0 rings (SSSR count). The summed E-state index contributed by atoms with van der Waals surface area (Å²) in [6.07, 6.45) is 0.182. The minimum Gasteiger partial charge on any atom is -0.467 e. The molecular weight excluding hydrogens is 336 g/mol. The Morgan fingerprint density at radius 3 is 1.85 bits per heavy atom. The van der Waals surface area contributed by atoms with Crippen molar-refractivity contribution in [3.8, 4) is 0 Å². The Hall–Kier alpha value is -1.79. The van der Waals surface area contributed by atoms with Gasteiger partial charge in [-0.05, 0) is 44.9 Å². The van der Waals surface area contributed by atoms with Crippen LogP contribution in [0.2, 0.25) is 0 Å². The van der Waals surface area contributed by atoms with E-state index in [4.69, 9.17) is 9.47 Å². The van der Waals surface area contributed by atoms with Crippen LogP contribution >= 0.6 is 0 Å². The van der Waals surface area contributed by atoms with Crippen LogP contribution in [0, 0.1) is 11.3 Å². The minimum absolute atomic E-state index is 0.194. The summed E-state index contributed by atoms with van der Waals surface area (Å²) in [6, 6.07) is -1.57. The molecule has 0 saturated carbocycles. The molecule has 0 spiro atoms. The molecule has 0 fully saturated rings. The fourth-order valence-corrected chi connectivity index (χ4v) is 2.37. The van der Waals surface area contributed by atoms with E-state index in [2.05, 4.69) is 10.6 Å². The molecule has 2 amide bonds. The summed E-state index contributed by atoms with van der Waals surface area (Å²) < 4.78 is 10.0. The molecule has 0 aliphatic carbocycles. The van der Waals surface area contributed by atoms with Crippen LogP contribution in [0.5, 0.6) is 0 Å². The largest absolute Gasteiger partial charge is 0.467 e. The topological polar surface area (TPSA) is 93.7 Å². The summed E-state index contributed by atoms with van der Waals surface area (Å²) >= 11 is 0. The van der Waals surface area contributed by atoms with Crippen LogP contribution in [0.4, 0.5) is 4.79 Å². The van der Waals surface area contributed by atoms with Gasteiger partial charge in [-0.15, -0.1) is 0 Å². The van der Waals surface area contributed by atoms with Gasteiger partial charge in [-0.25, -0.2) is 9.59 Å². The van der Waals surface area contributed by atoms with Crippen molar-refractivity contribution in [2.75, 3.05) is 7.11 Å². The number of methoxy groups -OCH3 is 1. The monoisotopic (exact) mass is 372 g/mol. The average Bonchev–Trinajstić information content (AvgIpc) is 2.40. The maximum atomic E-state index is 12.7. The standard InChI is InChI=1S/C19H36N2O5/c1-12(2)10-13(16(23)25-9)20-15(22)14(11-18(3,4)5)21-17(24)26-19(6,7)8/h12-14H,10-11H2,1-9H3,(H,20,22)(H,21,24)/t13-,14-/m0/s1. The fraction of sp³-hybridized carbons (Fsp3) is 0.842. The van der Waals surface area contributed by atoms with Gasteiger partial charge in [0, 0.05) is 0 Å². The highest BCUT2D eigenvalue weighted by atomic mass is 16.6. The van der Waals surface area contributed by atoms with E-state index in [0.29, 0.717) is 12.8 Å². The molecule has 0 saturated heterocycles. The Labute approximate surface area is 157 Å². The molecule has 2 atom stereocenters. The van der Waals surface area contributed by atoms with E-state index in [0.717, 1.165) is 0 Å². The van der Waals surface area contributed by atoms with E-state index < -0.39 is 35.7 Å². The van der Waals surface area contributed by atoms with Gasteiger partial charge in [0.25, 0.3) is 0 Å². The van der Waals surface area contributed by atoms with Gasteiger partial charge in [-0.2, -0.15) is 0 Å². The molecule has 0 bridgehead atoms. The number of alkyl carbamates (subject to hydrolysis) is 1. The predicted molar refractivity (Wildman–Crippen MR) is 101 cm³/mol. The van der Waals surface area contributed by atoms with Crippen LogP contribution in [0.25, 0.3) is 0 Å². The summed E-state index contributed by atoms with van der Waals surface area (Å²) in [6.45, 7) is 15.1. The van der Waals surface area contributed by atoms with Gasteiger partial charge in [0.15, 0.2) is 0 Å². The molecule has 152 valence electrons. The van der Waals surface area contributed by atoms with Crippen LogP contribution in [0.3, 0.4) is 0 Å². The third-order valence-corrected chi connectivity index (χ3v) is 3.33. The zero-order valence-corrected chi connectivity index (χ0v) is 17.7. The van der Waals surface area contributed by atoms with E-state index in [1.807, 2.05) is 34.6 Å². The molecule has 26 heavy (non-hydrogen) atoms. The third-order valence-electron chi connectivity index (χ3n) is 3.33. The van der Waals surface area contributed by atoms with E-state index in [1.54, 1.807) is 20.8 Å². The number of amides is 2. The van der Waals surface area contributed by atoms with Crippen LogP contribution < -0.4 is 10.6 Å². The second-order valence-corrected chi connectivity index (χ2v) is 9.18. The first kappa shape index (κ1) is 24.2. The Bertz CT molecular complexity index is 489. The SMILES string of the molecule is COC(=O)[C@H](CC(C)C)NC(=O)[C@H](CC(C)(C)C)NC(=O)OC(C)(C)C. The lowest BCUT2D eigenvalue weighted by Gasteiger charge is -2.29. The van der Waals surface area contributed by atoms with E-state index in [-0.39, 0.29) is 11.3 Å². The maximum absolute atomic E-state index is 12.7. The van der Waals surface area contributed by atoms with E-state index in [1.165, 1.54) is 7.11 Å². The minimum atomic E-state index is -0.816. The zero-order chi connectivity index (χ0) is 20.7. The normalized spacial score (nSPS) is 14.4. The highest BCUT2D eigenvalue weighted by molar-refractivity contribution is 5.89. The van der Waals surface area contributed by atoms with Crippen LogP contribution in [-0.4, -0.2) is 42.8 Å². The van der Waals surface area contributed by atoms with Crippen molar-refractivity contribution in [2.45, 2.75) is 85.9 Å². The van der Waals surface area contributed by atoms with Crippen molar-refractivity contribution in [1.82, 2.24) is 10.6 Å². The maximum Gasteiger partial charge on any atom is 0.408 e. The highest BCUT2D eigenvalue weighted by Gasteiger charge is 2.31. The quantitative estimate of drug-likeness (QED) is 0.670. The van der Waals surface area contributed by atoms with Crippen molar-refractivity contribution >= 4 is 18.0 Å². The molecule has 0 aromatic rings. The lowest BCUT2D eigenvalue weighted by atomic mass is 9.87. The zero-order valence-electron chi connectivity index (χ0n) is 17.7. The molecule has 7 nitrogen and oxygen atoms in total. The van der Waals surface area contributed by atoms with Crippen molar-refractivity contribution < 1.29 is 23.9 Å². The second-order valence-electron chi connectivity index (χ2n) is 9.18. The smallest absolute Gasteiger partial charge is 0.408 e. The fourth-order valence-electron chi connectivity index (χ4n) is 2.37. The molecule has 0 aliphatic heterocycles. The number of nitrogens with one attached hydrogen (secondary N) is 2. The molecule has 2 N–H and O–H groups in total. The van der Waals surface area contributed by atoms with E-state index >= 15 is 0 Å². The third kappa shape index (κ3) is 10.9. The second kappa shape index (κ2) is 9.78. The van der Waals surface area contributed by atoms with Gasteiger partial charge in [-0.1, -0.05) is 34.6 Å². The van der Waals surface area contributed by atoms with Gasteiger partial charge in [0.05, 0.1) is 7.11 Å². The van der Waals surface area contributed by atoms with Gasteiger partial charge in [-0.3, -0.25) is 4.79 Å². The number of hydrogen-bond donors (Lipinski definition) is 2. The predicted octanol–water partition coefficient (Wildman–Crippen LogP) is 3.02. The van der Waals surface area contributed by atoms with Crippen LogP contribution in [0.1, 0.15) is 68.2 Å². The van der Waals surface area contributed by atoms with E-state index in [9.17, 15) is 14.4 Å². The average molecular weight is 373 g/mol. The van der Waals surface area contributed by atoms with Gasteiger partial charge >= 0.3 is 12.1 Å². The lowest BCUT2D eigenvalue weighted by Crippen LogP contribution is -2.53. The Balaban J connectivity index is 5.24. The Morgan fingerprint density at radius 2 is 1.46 bits per heavy atom. The number of esters is 1. The van der Waals surface area contributed by atoms with Gasteiger partial charge in [0.1, 0.15) is 17.7 Å². The molecular formula is C19H36N2O5. The molecule has 7 heteroatoms. The summed E-state index contributed by atoms with van der Waals surface area (Å²) in [7, 11) is 1.29. The highest BCUT2D eigenvalue weighted by Crippen LogP contribution is 2.21. The first-order valence-electron chi connectivity index (χ1n) is 9.02. The Kier molecular flexibility index (Phi) is 9.11. The van der Waals surface area contributed by atoms with Crippen molar-refractivity contribution in [1.29, 1.82) is 0 Å². The summed E-state index contributed by atoms with van der Waals surface area (Å²) in [5.74, 6) is -0.736. The number of carbonyl (C=O) groups is 3. The Morgan fingerprint density at radius 1 is 0.923 bits per heavy atom. The van der Waals surface area contributed by atoms with Gasteiger partial charge < -0.3 is 20.1 Å². The number of rotatable bonds is 7. The van der Waals surface area contributed by atoms with Crippen LogP contribution in [-0.2, 0) is 19.1 Å². The summed E-state index contributed by atoms with van der Waals surface area (Å²) in [4.78, 5) is 36.8. The molecule has 0 heterocycles. The lowest BCUT2D eigenvalue weighted by molar-refractivity contribution is -0.145. The first-order chi connectivity index (χ1) is 11.6. The summed E-state index contributed by atoms with van der Waals surface area (Å²) in [5, 5.41) is 5.33. The first-order valence-corrected chi connectivity index (χ1v) is 9.02. The molecule has 0 aromatic carbocycles. The van der Waals surface area contributed by atoms with Crippen molar-refractivity contribution in [3.05, 3.63) is 0 Å². The number of carbonyl (C=O) groups excluding carboxylic acids is 3. The molecule has 0 aromatic heterocycles. The molecule has 0 radical (unpaired) electrons. The molecule has 0 unspecified atom stereocenters.